The highest BCUT2D eigenvalue weighted by molar-refractivity contribution is 14.0. The summed E-state index contributed by atoms with van der Waals surface area (Å²) < 4.78 is 49.0. The molecule has 1 aliphatic heterocycles. The summed E-state index contributed by atoms with van der Waals surface area (Å²) in [4.78, 5) is 7.64. The van der Waals surface area contributed by atoms with Gasteiger partial charge in [-0.15, -0.1) is 35.3 Å². The fourth-order valence-electron chi connectivity index (χ4n) is 2.24. The Labute approximate surface area is 175 Å². The van der Waals surface area contributed by atoms with Crippen LogP contribution in [-0.4, -0.2) is 31.2 Å². The lowest BCUT2D eigenvalue weighted by Gasteiger charge is -2.13. The summed E-state index contributed by atoms with van der Waals surface area (Å²) in [5.74, 6) is 1.72. The molecule has 0 spiro atoms. The van der Waals surface area contributed by atoms with Gasteiger partial charge in [-0.3, -0.25) is 4.99 Å². The maximum atomic E-state index is 12.6. The second-order valence-corrected chi connectivity index (χ2v) is 6.33. The molecule has 11 heteroatoms. The van der Waals surface area contributed by atoms with E-state index >= 15 is 0 Å². The van der Waals surface area contributed by atoms with Crippen molar-refractivity contribution in [2.45, 2.75) is 19.1 Å². The molecule has 3 rings (SSSR count). The highest BCUT2D eigenvalue weighted by atomic mass is 127. The fraction of sp³-hybridized carbons (Fsp3) is 0.375. The average molecular weight is 514 g/mol. The Morgan fingerprint density at radius 2 is 2.00 bits per heavy atom. The minimum Gasteiger partial charge on any atom is -0.490 e. The van der Waals surface area contributed by atoms with E-state index in [9.17, 15) is 13.2 Å². The van der Waals surface area contributed by atoms with Crippen molar-refractivity contribution >= 4 is 47.0 Å². The molecule has 2 aromatic rings. The molecule has 0 unspecified atom stereocenters. The molecule has 0 radical (unpaired) electrons. The minimum absolute atomic E-state index is 0. The van der Waals surface area contributed by atoms with Crippen LogP contribution in [0.1, 0.15) is 17.1 Å². The minimum atomic E-state index is -4.43. The molecule has 2 N–H and O–H groups in total. The molecular weight excluding hydrogens is 496 g/mol. The number of rotatable bonds is 3. The predicted molar refractivity (Wildman–Crippen MR) is 108 cm³/mol. The Morgan fingerprint density at radius 3 is 2.67 bits per heavy atom. The Morgan fingerprint density at radius 1 is 1.26 bits per heavy atom. The summed E-state index contributed by atoms with van der Waals surface area (Å²) in [5, 5.41) is 7.32. The zero-order chi connectivity index (χ0) is 18.6. The van der Waals surface area contributed by atoms with Crippen LogP contribution < -0.4 is 20.1 Å². The molecule has 1 aliphatic rings. The highest BCUT2D eigenvalue weighted by Crippen LogP contribution is 2.32. The number of thiazole rings is 1. The number of halogens is 4. The van der Waals surface area contributed by atoms with E-state index in [-0.39, 0.29) is 30.5 Å². The SMILES string of the molecule is CN=C(NCc1nc(C(F)(F)F)cs1)Nc1ccc2c(c1)OCCCO2.I. The van der Waals surface area contributed by atoms with Crippen LogP contribution >= 0.6 is 35.3 Å². The summed E-state index contributed by atoms with van der Waals surface area (Å²) in [5.41, 5.74) is -0.164. The second kappa shape index (κ2) is 9.44. The number of fused-ring (bicyclic) bond motifs is 1. The molecule has 0 atom stereocenters. The predicted octanol–water partition coefficient (Wildman–Crippen LogP) is 4.13. The summed E-state index contributed by atoms with van der Waals surface area (Å²) in [7, 11) is 1.57. The van der Waals surface area contributed by atoms with Crippen molar-refractivity contribution in [2.75, 3.05) is 25.6 Å². The number of aliphatic imine (C=N–C) groups is 1. The lowest BCUT2D eigenvalue weighted by Crippen LogP contribution is -2.30. The maximum absolute atomic E-state index is 12.6. The van der Waals surface area contributed by atoms with Crippen molar-refractivity contribution in [1.82, 2.24) is 10.3 Å². The number of alkyl halides is 3. The van der Waals surface area contributed by atoms with Crippen molar-refractivity contribution in [2.24, 2.45) is 4.99 Å². The molecule has 0 bridgehead atoms. The number of guanidine groups is 1. The van der Waals surface area contributed by atoms with Gasteiger partial charge >= 0.3 is 6.18 Å². The van der Waals surface area contributed by atoms with Gasteiger partial charge in [0.25, 0.3) is 0 Å². The van der Waals surface area contributed by atoms with E-state index in [2.05, 4.69) is 20.6 Å². The zero-order valence-corrected chi connectivity index (χ0v) is 17.4. The van der Waals surface area contributed by atoms with Crippen LogP contribution in [0.4, 0.5) is 18.9 Å². The van der Waals surface area contributed by atoms with Crippen molar-refractivity contribution in [1.29, 1.82) is 0 Å². The number of hydrogen-bond acceptors (Lipinski definition) is 5. The molecule has 1 aromatic heterocycles. The Bertz CT molecular complexity index is 798. The van der Waals surface area contributed by atoms with E-state index in [1.165, 1.54) is 0 Å². The molecule has 0 saturated heterocycles. The number of nitrogens with zero attached hydrogens (tertiary/aromatic N) is 2. The van der Waals surface area contributed by atoms with E-state index in [1.54, 1.807) is 19.2 Å². The lowest BCUT2D eigenvalue weighted by molar-refractivity contribution is -0.140. The summed E-state index contributed by atoms with van der Waals surface area (Å²) in [6.07, 6.45) is -3.62. The molecule has 148 valence electrons. The summed E-state index contributed by atoms with van der Waals surface area (Å²) >= 11 is 0.943. The topological polar surface area (TPSA) is 67.8 Å². The van der Waals surface area contributed by atoms with E-state index < -0.39 is 11.9 Å². The van der Waals surface area contributed by atoms with E-state index in [4.69, 9.17) is 9.47 Å². The van der Waals surface area contributed by atoms with E-state index in [0.29, 0.717) is 35.7 Å². The van der Waals surface area contributed by atoms with E-state index in [0.717, 1.165) is 28.8 Å². The van der Waals surface area contributed by atoms with Crippen LogP contribution in [0.15, 0.2) is 28.6 Å². The zero-order valence-electron chi connectivity index (χ0n) is 14.3. The van der Waals surface area contributed by atoms with Gasteiger partial charge in [0.15, 0.2) is 23.2 Å². The van der Waals surface area contributed by atoms with Gasteiger partial charge in [0.05, 0.1) is 19.8 Å². The van der Waals surface area contributed by atoms with Crippen molar-refractivity contribution in [3.8, 4) is 11.5 Å². The van der Waals surface area contributed by atoms with Crippen molar-refractivity contribution in [3.05, 3.63) is 34.3 Å². The van der Waals surface area contributed by atoms with Crippen LogP contribution in [0, 0.1) is 0 Å². The monoisotopic (exact) mass is 514 g/mol. The first-order chi connectivity index (χ1) is 12.5. The van der Waals surface area contributed by atoms with Gasteiger partial charge in [0.1, 0.15) is 5.01 Å². The maximum Gasteiger partial charge on any atom is 0.434 e. The molecule has 0 amide bonds. The Hall–Kier alpha value is -1.76. The second-order valence-electron chi connectivity index (χ2n) is 5.39. The fourth-order valence-corrected chi connectivity index (χ4v) is 2.98. The normalized spacial score (nSPS) is 14.1. The van der Waals surface area contributed by atoms with Gasteiger partial charge in [-0.05, 0) is 12.1 Å². The van der Waals surface area contributed by atoms with Crippen LogP contribution in [0.3, 0.4) is 0 Å². The summed E-state index contributed by atoms with van der Waals surface area (Å²) in [6.45, 7) is 1.32. The van der Waals surface area contributed by atoms with Gasteiger partial charge in [-0.1, -0.05) is 0 Å². The molecule has 0 saturated carbocycles. The van der Waals surface area contributed by atoms with E-state index in [1.807, 2.05) is 6.07 Å². The smallest absolute Gasteiger partial charge is 0.434 e. The van der Waals surface area contributed by atoms with Crippen LogP contribution in [0.2, 0.25) is 0 Å². The molecular formula is C16H18F3IN4O2S. The van der Waals surface area contributed by atoms with Crippen LogP contribution in [0.25, 0.3) is 0 Å². The Balaban J connectivity index is 0.00000261. The lowest BCUT2D eigenvalue weighted by atomic mass is 10.3. The number of hydrogen-bond donors (Lipinski definition) is 2. The first-order valence-corrected chi connectivity index (χ1v) is 8.72. The van der Waals surface area contributed by atoms with Gasteiger partial charge < -0.3 is 20.1 Å². The average Bonchev–Trinajstić information content (AvgIpc) is 2.97. The molecule has 2 heterocycles. The number of anilines is 1. The Kier molecular flexibility index (Phi) is 7.53. The van der Waals surface area contributed by atoms with Gasteiger partial charge in [0, 0.05) is 30.6 Å². The van der Waals surface area contributed by atoms with Crippen molar-refractivity contribution in [3.63, 3.8) is 0 Å². The third kappa shape index (κ3) is 5.86. The van der Waals surface area contributed by atoms with Crippen LogP contribution in [-0.2, 0) is 12.7 Å². The van der Waals surface area contributed by atoms with Gasteiger partial charge in [-0.25, -0.2) is 4.98 Å². The highest BCUT2D eigenvalue weighted by Gasteiger charge is 2.33. The first kappa shape index (κ1) is 21.5. The van der Waals surface area contributed by atoms with Crippen LogP contribution in [0.5, 0.6) is 11.5 Å². The largest absolute Gasteiger partial charge is 0.490 e. The molecule has 27 heavy (non-hydrogen) atoms. The number of nitrogens with one attached hydrogen (secondary N) is 2. The van der Waals surface area contributed by atoms with Crippen molar-refractivity contribution < 1.29 is 22.6 Å². The van der Waals surface area contributed by atoms with Gasteiger partial charge in [-0.2, -0.15) is 13.2 Å². The number of aromatic nitrogens is 1. The molecule has 0 fully saturated rings. The standard InChI is InChI=1S/C16H17F3N4O2S.HI/c1-20-15(21-8-14-23-13(9-26-14)16(17,18)19)22-10-3-4-11-12(7-10)25-6-2-5-24-11;/h3-4,7,9H,2,5-6,8H2,1H3,(H2,20,21,22);1H. The molecule has 6 nitrogen and oxygen atoms in total. The number of ether oxygens (including phenoxy) is 2. The molecule has 1 aromatic carbocycles. The third-order valence-electron chi connectivity index (χ3n) is 3.48. The third-order valence-corrected chi connectivity index (χ3v) is 4.33. The number of benzene rings is 1. The molecule has 0 aliphatic carbocycles. The summed E-state index contributed by atoms with van der Waals surface area (Å²) in [6, 6.07) is 5.40. The van der Waals surface area contributed by atoms with Gasteiger partial charge in [0.2, 0.25) is 0 Å². The quantitative estimate of drug-likeness (QED) is 0.367. The first-order valence-electron chi connectivity index (χ1n) is 7.84.